The van der Waals surface area contributed by atoms with Crippen molar-refractivity contribution >= 4 is 39.8 Å². The highest BCUT2D eigenvalue weighted by molar-refractivity contribution is 14.0. The molecule has 0 aliphatic heterocycles. The average molecular weight is 578 g/mol. The average Bonchev–Trinajstić information content (AvgIpc) is 2.73. The van der Waals surface area contributed by atoms with Crippen LogP contribution in [0.4, 0.5) is 4.39 Å². The molecule has 2 rings (SSSR count). The van der Waals surface area contributed by atoms with Crippen LogP contribution >= 0.6 is 24.0 Å². The number of hydrogen-bond donors (Lipinski definition) is 2. The van der Waals surface area contributed by atoms with Gasteiger partial charge in [0.15, 0.2) is 15.8 Å². The van der Waals surface area contributed by atoms with E-state index in [2.05, 4.69) is 27.8 Å². The molecule has 0 aliphatic rings. The number of rotatable bonds is 12. The Morgan fingerprint density at radius 3 is 2.47 bits per heavy atom. The molecule has 32 heavy (non-hydrogen) atoms. The van der Waals surface area contributed by atoms with Gasteiger partial charge < -0.3 is 15.4 Å². The Bertz CT molecular complexity index is 941. The molecule has 0 fully saturated rings. The number of nitrogens with zero attached hydrogens (tertiary/aromatic N) is 1. The molecular formula is C23H33FIN3O3S. The number of guanidine groups is 1. The second-order valence-electron chi connectivity index (χ2n) is 7.39. The molecule has 178 valence electrons. The van der Waals surface area contributed by atoms with Crippen molar-refractivity contribution in [1.29, 1.82) is 0 Å². The molecule has 0 radical (unpaired) electrons. The van der Waals surface area contributed by atoms with Crippen LogP contribution in [-0.2, 0) is 33.3 Å². The Labute approximate surface area is 208 Å². The van der Waals surface area contributed by atoms with Gasteiger partial charge in [-0.15, -0.1) is 24.0 Å². The van der Waals surface area contributed by atoms with E-state index in [4.69, 9.17) is 4.74 Å². The Balaban J connectivity index is 0.00000512. The third-order valence-corrected chi connectivity index (χ3v) is 5.48. The van der Waals surface area contributed by atoms with Crippen molar-refractivity contribution < 1.29 is 17.5 Å². The number of ether oxygens (including phenoxy) is 1. The largest absolute Gasteiger partial charge is 0.381 e. The fraction of sp³-hybridized carbons (Fsp3) is 0.435. The predicted octanol–water partition coefficient (Wildman–Crippen LogP) is 3.69. The number of unbranched alkanes of at least 4 members (excludes halogenated alkanes) is 1. The standard InChI is InChI=1S/C23H32FN3O3S.HI/c1-25-23(26-13-6-7-14-30-15-12-19-8-4-3-5-9-19)27-17-21-16-22(24)11-10-20(21)18-31(2,28)29;/h3-5,8-11,16H,6-7,12-15,17-18H2,1-2H3,(H2,25,26,27);1H. The van der Waals surface area contributed by atoms with Gasteiger partial charge in [0.1, 0.15) is 5.82 Å². The Kier molecular flexibility index (Phi) is 13.4. The molecule has 2 N–H and O–H groups in total. The first-order chi connectivity index (χ1) is 14.9. The molecule has 0 saturated carbocycles. The SMILES string of the molecule is CN=C(NCCCCOCCc1ccccc1)NCc1cc(F)ccc1CS(C)(=O)=O.I. The summed E-state index contributed by atoms with van der Waals surface area (Å²) in [6.07, 6.45) is 3.93. The third-order valence-electron chi connectivity index (χ3n) is 4.64. The van der Waals surface area contributed by atoms with Crippen molar-refractivity contribution in [2.75, 3.05) is 33.1 Å². The van der Waals surface area contributed by atoms with E-state index in [0.29, 0.717) is 30.3 Å². The highest BCUT2D eigenvalue weighted by atomic mass is 127. The summed E-state index contributed by atoms with van der Waals surface area (Å²) in [4.78, 5) is 4.16. The summed E-state index contributed by atoms with van der Waals surface area (Å²) >= 11 is 0. The fourth-order valence-corrected chi connectivity index (χ4v) is 3.90. The minimum atomic E-state index is -3.21. The normalized spacial score (nSPS) is 11.7. The lowest BCUT2D eigenvalue weighted by Gasteiger charge is -2.14. The van der Waals surface area contributed by atoms with Gasteiger partial charge in [0.25, 0.3) is 0 Å². The molecule has 0 spiro atoms. The number of halogens is 2. The van der Waals surface area contributed by atoms with Crippen LogP contribution in [0.25, 0.3) is 0 Å². The van der Waals surface area contributed by atoms with Crippen molar-refractivity contribution in [3.05, 3.63) is 71.0 Å². The van der Waals surface area contributed by atoms with Gasteiger partial charge in [-0.25, -0.2) is 12.8 Å². The zero-order valence-electron chi connectivity index (χ0n) is 18.6. The zero-order chi connectivity index (χ0) is 22.5. The van der Waals surface area contributed by atoms with E-state index in [9.17, 15) is 12.8 Å². The molecular weight excluding hydrogens is 544 g/mol. The van der Waals surface area contributed by atoms with Crippen molar-refractivity contribution in [2.24, 2.45) is 4.99 Å². The van der Waals surface area contributed by atoms with Crippen molar-refractivity contribution in [3.8, 4) is 0 Å². The molecule has 0 unspecified atom stereocenters. The highest BCUT2D eigenvalue weighted by Gasteiger charge is 2.11. The molecule has 9 heteroatoms. The number of aliphatic imine (C=N–C) groups is 1. The minimum Gasteiger partial charge on any atom is -0.381 e. The predicted molar refractivity (Wildman–Crippen MR) is 139 cm³/mol. The number of sulfone groups is 1. The van der Waals surface area contributed by atoms with Crippen LogP contribution in [-0.4, -0.2) is 47.4 Å². The van der Waals surface area contributed by atoms with Gasteiger partial charge in [0, 0.05) is 33.0 Å². The molecule has 0 saturated heterocycles. The van der Waals surface area contributed by atoms with E-state index in [1.165, 1.54) is 30.0 Å². The smallest absolute Gasteiger partial charge is 0.191 e. The zero-order valence-corrected chi connectivity index (χ0v) is 21.8. The number of hydrogen-bond acceptors (Lipinski definition) is 4. The van der Waals surface area contributed by atoms with Gasteiger partial charge in [0.05, 0.1) is 12.4 Å². The lowest BCUT2D eigenvalue weighted by atomic mass is 10.1. The molecule has 0 atom stereocenters. The van der Waals surface area contributed by atoms with Crippen LogP contribution in [0.15, 0.2) is 53.5 Å². The maximum absolute atomic E-state index is 13.6. The summed E-state index contributed by atoms with van der Waals surface area (Å²) in [7, 11) is -1.55. The maximum Gasteiger partial charge on any atom is 0.191 e. The molecule has 6 nitrogen and oxygen atoms in total. The van der Waals surface area contributed by atoms with E-state index >= 15 is 0 Å². The third kappa shape index (κ3) is 11.8. The quantitative estimate of drug-likeness (QED) is 0.174. The first kappa shape index (κ1) is 28.3. The summed E-state index contributed by atoms with van der Waals surface area (Å²) in [5, 5.41) is 6.32. The number of nitrogens with one attached hydrogen (secondary N) is 2. The Hall–Kier alpha value is -1.72. The first-order valence-corrected chi connectivity index (χ1v) is 12.4. The Morgan fingerprint density at radius 1 is 1.03 bits per heavy atom. The summed E-state index contributed by atoms with van der Waals surface area (Å²) < 4.78 is 42.5. The first-order valence-electron chi connectivity index (χ1n) is 10.4. The summed E-state index contributed by atoms with van der Waals surface area (Å²) in [5.41, 5.74) is 2.46. The van der Waals surface area contributed by atoms with Gasteiger partial charge in [-0.3, -0.25) is 4.99 Å². The molecule has 0 heterocycles. The van der Waals surface area contributed by atoms with Crippen molar-refractivity contribution in [2.45, 2.75) is 31.6 Å². The van der Waals surface area contributed by atoms with Gasteiger partial charge in [-0.05, 0) is 48.1 Å². The van der Waals surface area contributed by atoms with Crippen molar-refractivity contribution in [3.63, 3.8) is 0 Å². The van der Waals surface area contributed by atoms with Gasteiger partial charge in [-0.1, -0.05) is 36.4 Å². The highest BCUT2D eigenvalue weighted by Crippen LogP contribution is 2.14. The maximum atomic E-state index is 13.6. The minimum absolute atomic E-state index is 0. The fourth-order valence-electron chi connectivity index (χ4n) is 3.05. The van der Waals surface area contributed by atoms with Crippen LogP contribution in [0.5, 0.6) is 0 Å². The topological polar surface area (TPSA) is 79.8 Å². The molecule has 0 amide bonds. The number of benzene rings is 2. The second kappa shape index (κ2) is 15.2. The van der Waals surface area contributed by atoms with E-state index < -0.39 is 15.7 Å². The van der Waals surface area contributed by atoms with Crippen LogP contribution in [0.3, 0.4) is 0 Å². The summed E-state index contributed by atoms with van der Waals surface area (Å²) in [6, 6.07) is 14.4. The molecule has 2 aromatic carbocycles. The monoisotopic (exact) mass is 577 g/mol. The molecule has 0 aliphatic carbocycles. The van der Waals surface area contributed by atoms with E-state index in [1.54, 1.807) is 7.05 Å². The van der Waals surface area contributed by atoms with Gasteiger partial charge in [0.2, 0.25) is 0 Å². The van der Waals surface area contributed by atoms with Gasteiger partial charge >= 0.3 is 0 Å². The van der Waals surface area contributed by atoms with Crippen LogP contribution < -0.4 is 10.6 Å². The Morgan fingerprint density at radius 2 is 1.78 bits per heavy atom. The van der Waals surface area contributed by atoms with E-state index in [1.807, 2.05) is 18.2 Å². The lowest BCUT2D eigenvalue weighted by Crippen LogP contribution is -2.37. The second-order valence-corrected chi connectivity index (χ2v) is 9.53. The molecule has 0 aromatic heterocycles. The molecule has 0 bridgehead atoms. The summed E-state index contributed by atoms with van der Waals surface area (Å²) in [6.45, 7) is 2.43. The van der Waals surface area contributed by atoms with Crippen LogP contribution in [0, 0.1) is 5.82 Å². The van der Waals surface area contributed by atoms with Gasteiger partial charge in [-0.2, -0.15) is 0 Å². The van der Waals surface area contributed by atoms with Crippen molar-refractivity contribution in [1.82, 2.24) is 10.6 Å². The van der Waals surface area contributed by atoms with E-state index in [0.717, 1.165) is 25.8 Å². The van der Waals surface area contributed by atoms with Crippen LogP contribution in [0.1, 0.15) is 29.5 Å². The lowest BCUT2D eigenvalue weighted by molar-refractivity contribution is 0.133. The van der Waals surface area contributed by atoms with Crippen LogP contribution in [0.2, 0.25) is 0 Å². The van der Waals surface area contributed by atoms with E-state index in [-0.39, 0.29) is 36.3 Å². The molecule has 2 aromatic rings. The summed E-state index contributed by atoms with van der Waals surface area (Å²) in [5.74, 6) is 0.0597.